The maximum Gasteiger partial charge on any atom is 0.100 e. The molecule has 0 amide bonds. The predicted molar refractivity (Wildman–Crippen MR) is 54.2 cm³/mol. The monoisotopic (exact) mass is 206 g/mol. The molecule has 0 aromatic heterocycles. The molecule has 0 aromatic carbocycles. The molecule has 0 saturated heterocycles. The maximum absolute atomic E-state index is 8.93. The standard InChI is InChI=1S/C10H22O4/c1-10(2,3)8-14-5-4-13-7-9(12)6-11/h9,11-12H,4-8H2,1-3H3. The van der Waals surface area contributed by atoms with E-state index in [1.807, 2.05) is 0 Å². The molecule has 0 aliphatic rings. The lowest BCUT2D eigenvalue weighted by Gasteiger charge is -2.18. The Bertz CT molecular complexity index is 131. The average molecular weight is 206 g/mol. The van der Waals surface area contributed by atoms with Crippen LogP contribution >= 0.6 is 0 Å². The van der Waals surface area contributed by atoms with E-state index in [1.54, 1.807) is 0 Å². The Morgan fingerprint density at radius 3 is 2.21 bits per heavy atom. The molecule has 0 bridgehead atoms. The highest BCUT2D eigenvalue weighted by Gasteiger charge is 2.09. The number of hydrogen-bond donors (Lipinski definition) is 2. The highest BCUT2D eigenvalue weighted by Crippen LogP contribution is 2.12. The average Bonchev–Trinajstić information content (AvgIpc) is 2.08. The zero-order chi connectivity index (χ0) is 11.0. The van der Waals surface area contributed by atoms with Gasteiger partial charge < -0.3 is 19.7 Å². The summed E-state index contributed by atoms with van der Waals surface area (Å²) in [5.41, 5.74) is 0.171. The fourth-order valence-electron chi connectivity index (χ4n) is 0.768. The van der Waals surface area contributed by atoms with Gasteiger partial charge in [0.05, 0.1) is 33.0 Å². The summed E-state index contributed by atoms with van der Waals surface area (Å²) in [5, 5.41) is 17.4. The second-order valence-corrected chi connectivity index (χ2v) is 4.52. The van der Waals surface area contributed by atoms with Crippen molar-refractivity contribution in [3.05, 3.63) is 0 Å². The highest BCUT2D eigenvalue weighted by atomic mass is 16.5. The van der Waals surface area contributed by atoms with Gasteiger partial charge in [0.1, 0.15) is 6.10 Å². The van der Waals surface area contributed by atoms with Crippen molar-refractivity contribution in [1.82, 2.24) is 0 Å². The van der Waals surface area contributed by atoms with Crippen LogP contribution in [0.25, 0.3) is 0 Å². The van der Waals surface area contributed by atoms with E-state index in [0.29, 0.717) is 19.8 Å². The molecule has 0 aliphatic heterocycles. The summed E-state index contributed by atoms with van der Waals surface area (Å²) in [6.45, 7) is 7.87. The van der Waals surface area contributed by atoms with Gasteiger partial charge in [-0.05, 0) is 5.41 Å². The summed E-state index contributed by atoms with van der Waals surface area (Å²) in [6, 6.07) is 0. The lowest BCUT2D eigenvalue weighted by Crippen LogP contribution is -2.22. The summed E-state index contributed by atoms with van der Waals surface area (Å²) >= 11 is 0. The zero-order valence-electron chi connectivity index (χ0n) is 9.32. The topological polar surface area (TPSA) is 58.9 Å². The van der Waals surface area contributed by atoms with Crippen molar-refractivity contribution in [1.29, 1.82) is 0 Å². The number of aliphatic hydroxyl groups is 2. The SMILES string of the molecule is CC(C)(C)COCCOCC(O)CO. The van der Waals surface area contributed by atoms with Crippen LogP contribution in [-0.4, -0.2) is 49.4 Å². The molecule has 4 nitrogen and oxygen atoms in total. The van der Waals surface area contributed by atoms with E-state index in [-0.39, 0.29) is 18.6 Å². The highest BCUT2D eigenvalue weighted by molar-refractivity contribution is 4.58. The summed E-state index contributed by atoms with van der Waals surface area (Å²) in [5.74, 6) is 0. The largest absolute Gasteiger partial charge is 0.394 e. The molecule has 14 heavy (non-hydrogen) atoms. The third-order valence-electron chi connectivity index (χ3n) is 1.43. The van der Waals surface area contributed by atoms with Gasteiger partial charge in [0.25, 0.3) is 0 Å². The number of aliphatic hydroxyl groups excluding tert-OH is 2. The van der Waals surface area contributed by atoms with Crippen molar-refractivity contribution in [2.45, 2.75) is 26.9 Å². The van der Waals surface area contributed by atoms with E-state index in [4.69, 9.17) is 19.7 Å². The van der Waals surface area contributed by atoms with Gasteiger partial charge in [-0.25, -0.2) is 0 Å². The zero-order valence-corrected chi connectivity index (χ0v) is 9.32. The van der Waals surface area contributed by atoms with Gasteiger partial charge in [0.15, 0.2) is 0 Å². The van der Waals surface area contributed by atoms with E-state index in [9.17, 15) is 0 Å². The van der Waals surface area contributed by atoms with Gasteiger partial charge in [-0.1, -0.05) is 20.8 Å². The summed E-state index contributed by atoms with van der Waals surface area (Å²) in [6.07, 6.45) is -0.780. The predicted octanol–water partition coefficient (Wildman–Crippen LogP) is 0.419. The first-order valence-corrected chi connectivity index (χ1v) is 4.90. The van der Waals surface area contributed by atoms with Crippen LogP contribution in [0.1, 0.15) is 20.8 Å². The minimum absolute atomic E-state index is 0.162. The Hall–Kier alpha value is -0.160. The lowest BCUT2D eigenvalue weighted by molar-refractivity contribution is -0.0233. The normalized spacial score (nSPS) is 14.4. The summed E-state index contributed by atoms with van der Waals surface area (Å²) in [4.78, 5) is 0. The third kappa shape index (κ3) is 9.92. The minimum Gasteiger partial charge on any atom is -0.394 e. The van der Waals surface area contributed by atoms with Gasteiger partial charge in [-0.3, -0.25) is 0 Å². The van der Waals surface area contributed by atoms with E-state index >= 15 is 0 Å². The van der Waals surface area contributed by atoms with Crippen LogP contribution < -0.4 is 0 Å². The first-order chi connectivity index (χ1) is 6.45. The summed E-state index contributed by atoms with van der Waals surface area (Å²) in [7, 11) is 0. The molecule has 0 rings (SSSR count). The van der Waals surface area contributed by atoms with Gasteiger partial charge in [0, 0.05) is 0 Å². The Kier molecular flexibility index (Phi) is 7.09. The van der Waals surface area contributed by atoms with Gasteiger partial charge in [0.2, 0.25) is 0 Å². The quantitative estimate of drug-likeness (QED) is 0.593. The molecule has 0 saturated carbocycles. The maximum atomic E-state index is 8.93. The second-order valence-electron chi connectivity index (χ2n) is 4.52. The third-order valence-corrected chi connectivity index (χ3v) is 1.43. The molecular formula is C10H22O4. The Morgan fingerprint density at radius 2 is 1.71 bits per heavy atom. The van der Waals surface area contributed by atoms with Gasteiger partial charge >= 0.3 is 0 Å². The van der Waals surface area contributed by atoms with Gasteiger partial charge in [-0.15, -0.1) is 0 Å². The van der Waals surface area contributed by atoms with Crippen LogP contribution in [0.3, 0.4) is 0 Å². The van der Waals surface area contributed by atoms with Crippen LogP contribution in [0.2, 0.25) is 0 Å². The van der Waals surface area contributed by atoms with Crippen molar-refractivity contribution < 1.29 is 19.7 Å². The lowest BCUT2D eigenvalue weighted by atomic mass is 9.99. The molecule has 86 valence electrons. The molecule has 2 N–H and O–H groups in total. The molecule has 0 radical (unpaired) electrons. The summed E-state index contributed by atoms with van der Waals surface area (Å²) < 4.78 is 10.4. The van der Waals surface area contributed by atoms with Crippen molar-refractivity contribution >= 4 is 0 Å². The number of hydrogen-bond acceptors (Lipinski definition) is 4. The fraction of sp³-hybridized carbons (Fsp3) is 1.00. The first kappa shape index (κ1) is 13.8. The molecule has 4 heteroatoms. The van der Waals surface area contributed by atoms with Crippen molar-refractivity contribution in [3.63, 3.8) is 0 Å². The number of ether oxygens (including phenoxy) is 2. The van der Waals surface area contributed by atoms with Crippen molar-refractivity contribution in [3.8, 4) is 0 Å². The van der Waals surface area contributed by atoms with E-state index in [1.165, 1.54) is 0 Å². The molecule has 0 aromatic rings. The molecule has 0 heterocycles. The molecule has 0 fully saturated rings. The Morgan fingerprint density at radius 1 is 1.14 bits per heavy atom. The van der Waals surface area contributed by atoms with Crippen molar-refractivity contribution in [2.24, 2.45) is 5.41 Å². The molecule has 0 aliphatic carbocycles. The Labute approximate surface area is 85.8 Å². The molecule has 0 spiro atoms. The van der Waals surface area contributed by atoms with Gasteiger partial charge in [-0.2, -0.15) is 0 Å². The Balaban J connectivity index is 3.14. The van der Waals surface area contributed by atoms with E-state index in [2.05, 4.69) is 20.8 Å². The van der Waals surface area contributed by atoms with Crippen LogP contribution in [0.4, 0.5) is 0 Å². The van der Waals surface area contributed by atoms with Crippen LogP contribution in [-0.2, 0) is 9.47 Å². The van der Waals surface area contributed by atoms with E-state index in [0.717, 1.165) is 0 Å². The number of rotatable bonds is 7. The molecule has 1 atom stereocenters. The smallest absolute Gasteiger partial charge is 0.100 e. The van der Waals surface area contributed by atoms with Crippen LogP contribution in [0.5, 0.6) is 0 Å². The molecule has 1 unspecified atom stereocenters. The van der Waals surface area contributed by atoms with Crippen LogP contribution in [0, 0.1) is 5.41 Å². The van der Waals surface area contributed by atoms with E-state index < -0.39 is 6.10 Å². The van der Waals surface area contributed by atoms with Crippen LogP contribution in [0.15, 0.2) is 0 Å². The minimum atomic E-state index is -0.780. The molecular weight excluding hydrogens is 184 g/mol. The van der Waals surface area contributed by atoms with Crippen molar-refractivity contribution in [2.75, 3.05) is 33.0 Å². The fourth-order valence-corrected chi connectivity index (χ4v) is 0.768. The first-order valence-electron chi connectivity index (χ1n) is 4.90. The second kappa shape index (κ2) is 7.17.